The summed E-state index contributed by atoms with van der Waals surface area (Å²) in [5.41, 5.74) is 5.30. The van der Waals surface area contributed by atoms with Crippen molar-refractivity contribution in [1.82, 2.24) is 4.90 Å². The summed E-state index contributed by atoms with van der Waals surface area (Å²) in [6.45, 7) is 6.10. The van der Waals surface area contributed by atoms with Crippen molar-refractivity contribution in [3.05, 3.63) is 0 Å². The van der Waals surface area contributed by atoms with Gasteiger partial charge in [0, 0.05) is 20.2 Å². The molecule has 0 radical (unpaired) electrons. The summed E-state index contributed by atoms with van der Waals surface area (Å²) in [7, 11) is 1.63. The molecule has 0 bridgehead atoms. The molecule has 0 saturated carbocycles. The predicted octanol–water partition coefficient (Wildman–Crippen LogP) is 0.378. The normalized spacial score (nSPS) is 24.5. The Bertz CT molecular complexity index is 254. The highest BCUT2D eigenvalue weighted by Crippen LogP contribution is 2.15. The van der Waals surface area contributed by atoms with Crippen molar-refractivity contribution in [1.29, 1.82) is 0 Å². The highest BCUT2D eigenvalue weighted by molar-refractivity contribution is 5.85. The first kappa shape index (κ1) is 14.4. The van der Waals surface area contributed by atoms with Gasteiger partial charge in [-0.15, -0.1) is 0 Å². The average molecular weight is 244 g/mol. The fourth-order valence-electron chi connectivity index (χ4n) is 2.18. The van der Waals surface area contributed by atoms with Gasteiger partial charge in [0.1, 0.15) is 0 Å². The van der Waals surface area contributed by atoms with Gasteiger partial charge in [0.05, 0.1) is 24.9 Å². The molecular weight excluding hydrogens is 220 g/mol. The van der Waals surface area contributed by atoms with Gasteiger partial charge in [0.2, 0.25) is 5.91 Å². The number of carbonyl (C=O) groups is 1. The lowest BCUT2D eigenvalue weighted by atomic mass is 9.95. The fourth-order valence-corrected chi connectivity index (χ4v) is 2.18. The lowest BCUT2D eigenvalue weighted by Crippen LogP contribution is -2.57. The van der Waals surface area contributed by atoms with Crippen LogP contribution in [-0.4, -0.2) is 55.9 Å². The van der Waals surface area contributed by atoms with E-state index in [-0.39, 0.29) is 12.0 Å². The predicted molar refractivity (Wildman–Crippen MR) is 65.7 cm³/mol. The van der Waals surface area contributed by atoms with Crippen LogP contribution in [0.5, 0.6) is 0 Å². The lowest BCUT2D eigenvalue weighted by Gasteiger charge is -2.37. The molecule has 1 aliphatic rings. The second-order valence-corrected chi connectivity index (χ2v) is 4.87. The van der Waals surface area contributed by atoms with Crippen molar-refractivity contribution >= 4 is 5.91 Å². The molecule has 5 heteroatoms. The van der Waals surface area contributed by atoms with Crippen LogP contribution in [0.1, 0.15) is 26.7 Å². The van der Waals surface area contributed by atoms with E-state index in [1.807, 2.05) is 6.92 Å². The zero-order chi connectivity index (χ0) is 12.9. The van der Waals surface area contributed by atoms with E-state index in [2.05, 4.69) is 0 Å². The monoisotopic (exact) mass is 244 g/mol. The maximum atomic E-state index is 12.3. The number of nitrogens with two attached hydrogens (primary N) is 1. The molecule has 0 aromatic heterocycles. The molecule has 0 aliphatic carbocycles. The molecule has 2 unspecified atom stereocenters. The van der Waals surface area contributed by atoms with E-state index in [0.717, 1.165) is 6.42 Å². The first-order chi connectivity index (χ1) is 8.01. The second-order valence-electron chi connectivity index (χ2n) is 4.87. The molecule has 2 atom stereocenters. The minimum absolute atomic E-state index is 0.0174. The summed E-state index contributed by atoms with van der Waals surface area (Å²) < 4.78 is 10.6. The number of hydrogen-bond donors (Lipinski definition) is 1. The molecule has 1 fully saturated rings. The largest absolute Gasteiger partial charge is 0.382 e. The van der Waals surface area contributed by atoms with Gasteiger partial charge in [-0.2, -0.15) is 0 Å². The number of hydrogen-bond acceptors (Lipinski definition) is 4. The Morgan fingerprint density at radius 2 is 2.35 bits per heavy atom. The molecule has 1 aliphatic heterocycles. The first-order valence-corrected chi connectivity index (χ1v) is 6.20. The van der Waals surface area contributed by atoms with Gasteiger partial charge in [-0.3, -0.25) is 4.79 Å². The standard InChI is InChI=1S/C12H24N2O3/c1-4-5-12(2,13)11(15)14-6-7-17-10(8-14)9-16-3/h10H,4-9,13H2,1-3H3. The van der Waals surface area contributed by atoms with Crippen molar-refractivity contribution in [2.75, 3.05) is 33.4 Å². The molecule has 0 aromatic carbocycles. The Morgan fingerprint density at radius 3 is 2.94 bits per heavy atom. The van der Waals surface area contributed by atoms with Gasteiger partial charge in [-0.25, -0.2) is 0 Å². The zero-order valence-electron chi connectivity index (χ0n) is 11.1. The van der Waals surface area contributed by atoms with Gasteiger partial charge in [-0.05, 0) is 13.3 Å². The Morgan fingerprint density at radius 1 is 1.65 bits per heavy atom. The molecule has 0 spiro atoms. The number of rotatable bonds is 5. The first-order valence-electron chi connectivity index (χ1n) is 6.20. The molecule has 1 saturated heterocycles. The highest BCUT2D eigenvalue weighted by atomic mass is 16.5. The third-order valence-corrected chi connectivity index (χ3v) is 3.04. The van der Waals surface area contributed by atoms with E-state index < -0.39 is 5.54 Å². The Hall–Kier alpha value is -0.650. The van der Waals surface area contributed by atoms with Crippen LogP contribution < -0.4 is 5.73 Å². The van der Waals surface area contributed by atoms with E-state index in [9.17, 15) is 4.79 Å². The molecule has 1 amide bonds. The third-order valence-electron chi connectivity index (χ3n) is 3.04. The van der Waals surface area contributed by atoms with E-state index in [4.69, 9.17) is 15.2 Å². The van der Waals surface area contributed by atoms with Crippen LogP contribution in [-0.2, 0) is 14.3 Å². The van der Waals surface area contributed by atoms with Crippen molar-refractivity contribution in [2.24, 2.45) is 5.73 Å². The summed E-state index contributed by atoms with van der Waals surface area (Å²) >= 11 is 0. The van der Waals surface area contributed by atoms with Crippen molar-refractivity contribution < 1.29 is 14.3 Å². The molecule has 5 nitrogen and oxygen atoms in total. The average Bonchev–Trinajstić information content (AvgIpc) is 2.29. The SMILES string of the molecule is CCCC(C)(N)C(=O)N1CCOC(COC)C1. The van der Waals surface area contributed by atoms with Gasteiger partial charge in [0.15, 0.2) is 0 Å². The van der Waals surface area contributed by atoms with E-state index >= 15 is 0 Å². The molecule has 17 heavy (non-hydrogen) atoms. The summed E-state index contributed by atoms with van der Waals surface area (Å²) in [5, 5.41) is 0. The Balaban J connectivity index is 2.56. The summed E-state index contributed by atoms with van der Waals surface area (Å²) in [6.07, 6.45) is 1.58. The molecular formula is C12H24N2O3. The third kappa shape index (κ3) is 3.94. The summed E-state index contributed by atoms with van der Waals surface area (Å²) in [5.74, 6) is 0.0174. The summed E-state index contributed by atoms with van der Waals surface area (Å²) in [6, 6.07) is 0. The second kappa shape index (κ2) is 6.33. The van der Waals surface area contributed by atoms with Crippen molar-refractivity contribution in [3.63, 3.8) is 0 Å². The van der Waals surface area contributed by atoms with Crippen LogP contribution in [0.3, 0.4) is 0 Å². The number of nitrogens with zero attached hydrogens (tertiary/aromatic N) is 1. The molecule has 1 rings (SSSR count). The smallest absolute Gasteiger partial charge is 0.242 e. The van der Waals surface area contributed by atoms with Crippen LogP contribution in [0.4, 0.5) is 0 Å². The van der Waals surface area contributed by atoms with Gasteiger partial charge in [0.25, 0.3) is 0 Å². The van der Waals surface area contributed by atoms with Crippen molar-refractivity contribution in [3.8, 4) is 0 Å². The number of ether oxygens (including phenoxy) is 2. The lowest BCUT2D eigenvalue weighted by molar-refractivity contribution is -0.146. The van der Waals surface area contributed by atoms with Crippen LogP contribution in [0.2, 0.25) is 0 Å². The molecule has 0 aromatic rings. The summed E-state index contributed by atoms with van der Waals surface area (Å²) in [4.78, 5) is 14.1. The van der Waals surface area contributed by atoms with Gasteiger partial charge < -0.3 is 20.1 Å². The van der Waals surface area contributed by atoms with Gasteiger partial charge >= 0.3 is 0 Å². The number of morpholine rings is 1. The number of amides is 1. The molecule has 2 N–H and O–H groups in total. The van der Waals surface area contributed by atoms with Crippen molar-refractivity contribution in [2.45, 2.75) is 38.3 Å². The maximum absolute atomic E-state index is 12.3. The van der Waals surface area contributed by atoms with Crippen LogP contribution in [0.25, 0.3) is 0 Å². The minimum Gasteiger partial charge on any atom is -0.382 e. The van der Waals surface area contributed by atoms with E-state index in [1.54, 1.807) is 18.9 Å². The minimum atomic E-state index is -0.760. The van der Waals surface area contributed by atoms with E-state index in [1.165, 1.54) is 0 Å². The Kier molecular flexibility index (Phi) is 5.36. The molecule has 1 heterocycles. The zero-order valence-corrected chi connectivity index (χ0v) is 11.1. The van der Waals surface area contributed by atoms with Crippen LogP contribution in [0, 0.1) is 0 Å². The highest BCUT2D eigenvalue weighted by Gasteiger charge is 2.34. The topological polar surface area (TPSA) is 64.8 Å². The number of carbonyl (C=O) groups excluding carboxylic acids is 1. The van der Waals surface area contributed by atoms with E-state index in [0.29, 0.717) is 32.7 Å². The maximum Gasteiger partial charge on any atom is 0.242 e. The quantitative estimate of drug-likeness (QED) is 0.759. The number of methoxy groups -OCH3 is 1. The van der Waals surface area contributed by atoms with Crippen LogP contribution in [0.15, 0.2) is 0 Å². The molecule has 100 valence electrons. The Labute approximate surface area is 103 Å². The van der Waals surface area contributed by atoms with Gasteiger partial charge in [-0.1, -0.05) is 13.3 Å². The van der Waals surface area contributed by atoms with Crippen LogP contribution >= 0.6 is 0 Å². The fraction of sp³-hybridized carbons (Fsp3) is 0.917.